The van der Waals surface area contributed by atoms with Gasteiger partial charge in [-0.15, -0.1) is 0 Å². The van der Waals surface area contributed by atoms with Crippen molar-refractivity contribution in [3.05, 3.63) is 30.5 Å². The summed E-state index contributed by atoms with van der Waals surface area (Å²) in [5.41, 5.74) is 8.90. The molecular weight excluding hydrogens is 314 g/mol. The van der Waals surface area contributed by atoms with Crippen molar-refractivity contribution < 1.29 is 0 Å². The molecule has 0 bridgehead atoms. The van der Waals surface area contributed by atoms with Crippen LogP contribution in [-0.2, 0) is 0 Å². The Labute approximate surface area is 150 Å². The third-order valence-corrected chi connectivity index (χ3v) is 4.28. The van der Waals surface area contributed by atoms with Crippen LogP contribution in [0, 0.1) is 5.92 Å². The highest BCUT2D eigenvalue weighted by atomic mass is 15.3. The van der Waals surface area contributed by atoms with Crippen molar-refractivity contribution in [1.29, 1.82) is 0 Å². The summed E-state index contributed by atoms with van der Waals surface area (Å²) in [6.07, 6.45) is 10.0. The summed E-state index contributed by atoms with van der Waals surface area (Å²) >= 11 is 0. The highest BCUT2D eigenvalue weighted by molar-refractivity contribution is 5.69. The molecular formula is C18H31N7. The highest BCUT2D eigenvalue weighted by Crippen LogP contribution is 2.20. The summed E-state index contributed by atoms with van der Waals surface area (Å²) < 4.78 is 2.07. The molecule has 138 valence electrons. The first kappa shape index (κ1) is 19.2. The molecule has 0 aliphatic carbocycles. The fourth-order valence-electron chi connectivity index (χ4n) is 2.92. The minimum absolute atomic E-state index is 0.703. The Morgan fingerprint density at radius 2 is 2.08 bits per heavy atom. The Bertz CT molecular complexity index is 671. The van der Waals surface area contributed by atoms with E-state index in [0.29, 0.717) is 5.92 Å². The minimum atomic E-state index is 0.703. The van der Waals surface area contributed by atoms with Gasteiger partial charge in [0.1, 0.15) is 0 Å². The van der Waals surface area contributed by atoms with Crippen molar-refractivity contribution in [1.82, 2.24) is 30.5 Å². The first-order valence-corrected chi connectivity index (χ1v) is 9.15. The first-order chi connectivity index (χ1) is 12.3. The Morgan fingerprint density at radius 1 is 1.32 bits per heavy atom. The average Bonchev–Trinajstić information content (AvgIpc) is 3.11. The molecule has 3 heterocycles. The van der Waals surface area contributed by atoms with E-state index in [1.165, 1.54) is 12.8 Å². The van der Waals surface area contributed by atoms with Gasteiger partial charge in [-0.2, -0.15) is 0 Å². The van der Waals surface area contributed by atoms with Crippen LogP contribution < -0.4 is 21.5 Å². The SMILES string of the molecule is CC.CNN/C=C(\C)c1cnc2c(NCC3CCNCC3)nccn12. The molecule has 2 aromatic heterocycles. The molecule has 0 atom stereocenters. The fourth-order valence-corrected chi connectivity index (χ4v) is 2.92. The normalized spacial score (nSPS) is 15.6. The van der Waals surface area contributed by atoms with Gasteiger partial charge in [-0.1, -0.05) is 13.8 Å². The Kier molecular flexibility index (Phi) is 7.69. The van der Waals surface area contributed by atoms with Crippen LogP contribution in [0.5, 0.6) is 0 Å². The number of hydrogen-bond acceptors (Lipinski definition) is 6. The number of imidazole rings is 1. The number of hydrazine groups is 1. The summed E-state index contributed by atoms with van der Waals surface area (Å²) in [5, 5.41) is 6.88. The zero-order valence-electron chi connectivity index (χ0n) is 15.8. The molecule has 2 aromatic rings. The summed E-state index contributed by atoms with van der Waals surface area (Å²) in [4.78, 5) is 9.02. The number of rotatable bonds is 6. The van der Waals surface area contributed by atoms with Crippen molar-refractivity contribution in [3.8, 4) is 0 Å². The number of piperidine rings is 1. The third kappa shape index (κ3) is 4.93. The van der Waals surface area contributed by atoms with Gasteiger partial charge in [0.25, 0.3) is 0 Å². The number of aromatic nitrogens is 3. The predicted octanol–water partition coefficient (Wildman–Crippen LogP) is 2.25. The summed E-state index contributed by atoms with van der Waals surface area (Å²) in [6, 6.07) is 0. The lowest BCUT2D eigenvalue weighted by Gasteiger charge is -2.23. The second kappa shape index (κ2) is 10.0. The molecule has 0 radical (unpaired) electrons. The standard InChI is InChI=1S/C16H25N7.C2H6/c1-12(9-22-17-2)14-11-21-16-15(19-7-8-23(14)16)20-10-13-3-5-18-6-4-13;1-2/h7-9,11,13,17-18,22H,3-6,10H2,1-2H3,(H,19,20);1-2H3/b12-9+;. The molecule has 7 nitrogen and oxygen atoms in total. The molecule has 0 spiro atoms. The lowest BCUT2D eigenvalue weighted by atomic mass is 9.98. The zero-order valence-corrected chi connectivity index (χ0v) is 15.8. The van der Waals surface area contributed by atoms with Gasteiger partial charge in [-0.3, -0.25) is 4.40 Å². The summed E-state index contributed by atoms with van der Waals surface area (Å²) in [6.45, 7) is 9.23. The van der Waals surface area contributed by atoms with Crippen LogP contribution in [0.1, 0.15) is 39.3 Å². The van der Waals surface area contributed by atoms with Crippen molar-refractivity contribution in [2.75, 3.05) is 32.0 Å². The molecule has 0 aromatic carbocycles. The predicted molar refractivity (Wildman–Crippen MR) is 104 cm³/mol. The van der Waals surface area contributed by atoms with Crippen LogP contribution in [0.4, 0.5) is 5.82 Å². The lowest BCUT2D eigenvalue weighted by molar-refractivity contribution is 0.389. The molecule has 1 aliphatic heterocycles. The topological polar surface area (TPSA) is 78.3 Å². The van der Waals surface area contributed by atoms with Crippen LogP contribution in [0.15, 0.2) is 24.8 Å². The number of hydrogen-bond donors (Lipinski definition) is 4. The largest absolute Gasteiger partial charge is 0.367 e. The van der Waals surface area contributed by atoms with E-state index in [-0.39, 0.29) is 0 Å². The minimum Gasteiger partial charge on any atom is -0.367 e. The van der Waals surface area contributed by atoms with Crippen molar-refractivity contribution >= 4 is 17.0 Å². The first-order valence-electron chi connectivity index (χ1n) is 9.15. The Hall–Kier alpha value is -2.12. The average molecular weight is 345 g/mol. The van der Waals surface area contributed by atoms with Gasteiger partial charge >= 0.3 is 0 Å². The second-order valence-electron chi connectivity index (χ2n) is 5.91. The van der Waals surface area contributed by atoms with Gasteiger partial charge in [0, 0.05) is 32.2 Å². The molecule has 3 rings (SSSR count). The van der Waals surface area contributed by atoms with Crippen molar-refractivity contribution in [2.45, 2.75) is 33.6 Å². The van der Waals surface area contributed by atoms with Crippen LogP contribution >= 0.6 is 0 Å². The Balaban J connectivity index is 0.00000109. The smallest absolute Gasteiger partial charge is 0.180 e. The van der Waals surface area contributed by atoms with Gasteiger partial charge in [0.05, 0.1) is 11.9 Å². The number of nitrogens with zero attached hydrogens (tertiary/aromatic N) is 3. The van der Waals surface area contributed by atoms with Crippen molar-refractivity contribution in [3.63, 3.8) is 0 Å². The van der Waals surface area contributed by atoms with Gasteiger partial charge in [0.2, 0.25) is 0 Å². The molecule has 0 unspecified atom stereocenters. The monoisotopic (exact) mass is 345 g/mol. The molecule has 1 fully saturated rings. The summed E-state index contributed by atoms with van der Waals surface area (Å²) in [5.74, 6) is 1.56. The number of allylic oxidation sites excluding steroid dienone is 1. The molecule has 0 saturated carbocycles. The highest BCUT2D eigenvalue weighted by Gasteiger charge is 2.14. The fraction of sp³-hybridized carbons (Fsp3) is 0.556. The summed E-state index contributed by atoms with van der Waals surface area (Å²) in [7, 11) is 1.84. The van der Waals surface area contributed by atoms with E-state index in [2.05, 4.69) is 42.8 Å². The molecule has 25 heavy (non-hydrogen) atoms. The number of anilines is 1. The molecule has 1 aliphatic rings. The maximum absolute atomic E-state index is 4.55. The van der Waals surface area contributed by atoms with Gasteiger partial charge in [0.15, 0.2) is 11.5 Å². The Morgan fingerprint density at radius 3 is 2.80 bits per heavy atom. The maximum Gasteiger partial charge on any atom is 0.180 e. The number of fused-ring (bicyclic) bond motifs is 1. The van der Waals surface area contributed by atoms with Crippen molar-refractivity contribution in [2.24, 2.45) is 5.92 Å². The van der Waals surface area contributed by atoms with Gasteiger partial charge in [-0.25, -0.2) is 15.4 Å². The molecule has 4 N–H and O–H groups in total. The van der Waals surface area contributed by atoms with Crippen LogP contribution in [0.25, 0.3) is 11.2 Å². The van der Waals surface area contributed by atoms with E-state index in [1.807, 2.05) is 45.7 Å². The van der Waals surface area contributed by atoms with E-state index in [0.717, 1.165) is 42.4 Å². The van der Waals surface area contributed by atoms with E-state index < -0.39 is 0 Å². The second-order valence-corrected chi connectivity index (χ2v) is 5.91. The van der Waals surface area contributed by atoms with Crippen LogP contribution in [0.3, 0.4) is 0 Å². The third-order valence-electron chi connectivity index (χ3n) is 4.28. The van der Waals surface area contributed by atoms with E-state index in [9.17, 15) is 0 Å². The van der Waals surface area contributed by atoms with Crippen LogP contribution in [-0.4, -0.2) is 41.1 Å². The quantitative estimate of drug-likeness (QED) is 0.602. The van der Waals surface area contributed by atoms with E-state index in [4.69, 9.17) is 0 Å². The maximum atomic E-state index is 4.55. The lowest BCUT2D eigenvalue weighted by Crippen LogP contribution is -2.31. The van der Waals surface area contributed by atoms with E-state index in [1.54, 1.807) is 0 Å². The van der Waals surface area contributed by atoms with Crippen LogP contribution in [0.2, 0.25) is 0 Å². The number of nitrogens with one attached hydrogen (secondary N) is 4. The van der Waals surface area contributed by atoms with Gasteiger partial charge < -0.3 is 16.1 Å². The van der Waals surface area contributed by atoms with E-state index >= 15 is 0 Å². The zero-order chi connectivity index (χ0) is 18.1. The molecule has 7 heteroatoms. The van der Waals surface area contributed by atoms with Gasteiger partial charge in [-0.05, 0) is 44.3 Å². The molecule has 0 amide bonds. The molecule has 1 saturated heterocycles.